The third kappa shape index (κ3) is 8.07. The fraction of sp³-hybridized carbons (Fsp3) is 0.762. The standard InChI is InChI=1S/C21H33F3N2/c1-2-7-19-11-16-26(15-10-18-8-4-3-5-9-18)17-12-20(19)25-14-6-13-21(22,23)24/h2,7,14,18H,3-6,8-13,15-17H2,1H3/b7-2-,25-14?. The predicted molar refractivity (Wildman–Crippen MR) is 102 cm³/mol. The van der Waals surface area contributed by atoms with Crippen molar-refractivity contribution in [1.29, 1.82) is 0 Å². The first kappa shape index (κ1) is 21.2. The van der Waals surface area contributed by atoms with Crippen molar-refractivity contribution in [2.45, 2.75) is 77.3 Å². The van der Waals surface area contributed by atoms with Crippen molar-refractivity contribution >= 4 is 6.21 Å². The van der Waals surface area contributed by atoms with E-state index in [0.717, 1.165) is 44.1 Å². The first-order valence-electron chi connectivity index (χ1n) is 10.1. The molecule has 0 atom stereocenters. The maximum absolute atomic E-state index is 12.3. The lowest BCUT2D eigenvalue weighted by Gasteiger charge is -2.26. The second-order valence-electron chi connectivity index (χ2n) is 7.57. The molecule has 26 heavy (non-hydrogen) atoms. The topological polar surface area (TPSA) is 15.6 Å². The van der Waals surface area contributed by atoms with Gasteiger partial charge >= 0.3 is 6.18 Å². The van der Waals surface area contributed by atoms with Gasteiger partial charge in [-0.2, -0.15) is 13.2 Å². The van der Waals surface area contributed by atoms with Gasteiger partial charge in [0.2, 0.25) is 0 Å². The molecule has 0 radical (unpaired) electrons. The minimum absolute atomic E-state index is 0.0402. The highest BCUT2D eigenvalue weighted by Crippen LogP contribution is 2.27. The average molecular weight is 371 g/mol. The molecule has 0 unspecified atom stereocenters. The van der Waals surface area contributed by atoms with Crippen LogP contribution in [-0.4, -0.2) is 36.9 Å². The van der Waals surface area contributed by atoms with Gasteiger partial charge < -0.3 is 4.90 Å². The van der Waals surface area contributed by atoms with Crippen LogP contribution >= 0.6 is 0 Å². The van der Waals surface area contributed by atoms with E-state index >= 15 is 0 Å². The van der Waals surface area contributed by atoms with Crippen LogP contribution in [0.1, 0.15) is 71.1 Å². The zero-order valence-electron chi connectivity index (χ0n) is 16.0. The molecule has 0 aromatic heterocycles. The van der Waals surface area contributed by atoms with Gasteiger partial charge in [0.05, 0.1) is 0 Å². The fourth-order valence-electron chi connectivity index (χ4n) is 3.95. The normalized spacial score (nSPS) is 21.8. The first-order valence-corrected chi connectivity index (χ1v) is 10.1. The maximum atomic E-state index is 12.3. The fourth-order valence-corrected chi connectivity index (χ4v) is 3.95. The van der Waals surface area contributed by atoms with Crippen LogP contribution in [0.25, 0.3) is 0 Å². The van der Waals surface area contributed by atoms with Crippen molar-refractivity contribution in [2.24, 2.45) is 10.9 Å². The van der Waals surface area contributed by atoms with E-state index < -0.39 is 12.6 Å². The number of hydrogen-bond acceptors (Lipinski definition) is 2. The van der Waals surface area contributed by atoms with Crippen molar-refractivity contribution in [3.63, 3.8) is 0 Å². The molecule has 0 aromatic rings. The summed E-state index contributed by atoms with van der Waals surface area (Å²) in [5.41, 5.74) is 2.14. The first-order chi connectivity index (χ1) is 12.5. The van der Waals surface area contributed by atoms with Crippen LogP contribution in [0, 0.1) is 5.92 Å². The number of hydrogen-bond donors (Lipinski definition) is 0. The molecular weight excluding hydrogens is 337 g/mol. The van der Waals surface area contributed by atoms with Gasteiger partial charge in [0, 0.05) is 37.8 Å². The number of aliphatic imine (C=N–C) groups is 1. The van der Waals surface area contributed by atoms with Crippen molar-refractivity contribution in [3.05, 3.63) is 23.4 Å². The molecule has 1 aliphatic carbocycles. The Bertz CT molecular complexity index is 500. The van der Waals surface area contributed by atoms with Gasteiger partial charge in [0.15, 0.2) is 0 Å². The molecule has 1 aliphatic heterocycles. The third-order valence-electron chi connectivity index (χ3n) is 5.48. The van der Waals surface area contributed by atoms with Gasteiger partial charge in [-0.15, -0.1) is 0 Å². The van der Waals surface area contributed by atoms with E-state index in [0.29, 0.717) is 0 Å². The van der Waals surface area contributed by atoms with E-state index in [-0.39, 0.29) is 6.42 Å². The second kappa shape index (κ2) is 10.9. The van der Waals surface area contributed by atoms with Crippen LogP contribution in [0.3, 0.4) is 0 Å². The average Bonchev–Trinajstić information content (AvgIpc) is 2.80. The Kier molecular flexibility index (Phi) is 8.89. The van der Waals surface area contributed by atoms with Crippen molar-refractivity contribution < 1.29 is 13.2 Å². The summed E-state index contributed by atoms with van der Waals surface area (Å²) in [6.07, 6.45) is 10.5. The summed E-state index contributed by atoms with van der Waals surface area (Å²) >= 11 is 0. The molecule has 0 N–H and O–H groups in total. The summed E-state index contributed by atoms with van der Waals surface area (Å²) in [6.45, 7) is 5.09. The number of allylic oxidation sites excluding steroid dienone is 2. The molecule has 1 fully saturated rings. The number of nitrogens with zero attached hydrogens (tertiary/aromatic N) is 2. The predicted octanol–water partition coefficient (Wildman–Crippen LogP) is 6.30. The molecule has 148 valence electrons. The third-order valence-corrected chi connectivity index (χ3v) is 5.48. The molecule has 0 aromatic carbocycles. The molecule has 1 heterocycles. The lowest BCUT2D eigenvalue weighted by molar-refractivity contribution is -0.132. The van der Waals surface area contributed by atoms with Crippen LogP contribution in [0.2, 0.25) is 0 Å². The molecule has 2 aliphatic rings. The van der Waals surface area contributed by atoms with E-state index in [1.807, 2.05) is 13.0 Å². The smallest absolute Gasteiger partial charge is 0.303 e. The van der Waals surface area contributed by atoms with E-state index in [9.17, 15) is 13.2 Å². The Morgan fingerprint density at radius 1 is 1.12 bits per heavy atom. The second-order valence-corrected chi connectivity index (χ2v) is 7.57. The molecule has 0 amide bonds. The lowest BCUT2D eigenvalue weighted by atomic mass is 9.87. The molecule has 5 heteroatoms. The number of rotatable bonds is 7. The highest BCUT2D eigenvalue weighted by molar-refractivity contribution is 5.59. The van der Waals surface area contributed by atoms with E-state index in [4.69, 9.17) is 0 Å². The zero-order chi connectivity index (χ0) is 18.8. The molecule has 0 spiro atoms. The summed E-state index contributed by atoms with van der Waals surface area (Å²) in [5.74, 6) is 0.884. The monoisotopic (exact) mass is 370 g/mol. The van der Waals surface area contributed by atoms with Crippen LogP contribution in [-0.2, 0) is 0 Å². The van der Waals surface area contributed by atoms with Gasteiger partial charge in [-0.1, -0.05) is 44.3 Å². The van der Waals surface area contributed by atoms with Gasteiger partial charge in [-0.05, 0) is 44.2 Å². The molecule has 2 rings (SSSR count). The summed E-state index contributed by atoms with van der Waals surface area (Å²) in [6, 6.07) is 0. The SMILES string of the molecule is C/C=C\C1=C(N=CCCC(F)(F)F)CCN(CCC2CCCCC2)CC1. The highest BCUT2D eigenvalue weighted by Gasteiger charge is 2.25. The summed E-state index contributed by atoms with van der Waals surface area (Å²) in [4.78, 5) is 6.92. The van der Waals surface area contributed by atoms with Crippen molar-refractivity contribution in [1.82, 2.24) is 4.90 Å². The van der Waals surface area contributed by atoms with Gasteiger partial charge in [0.1, 0.15) is 0 Å². The summed E-state index contributed by atoms with van der Waals surface area (Å²) in [7, 11) is 0. The quantitative estimate of drug-likeness (QED) is 0.480. The Balaban J connectivity index is 1.85. The van der Waals surface area contributed by atoms with E-state index in [1.165, 1.54) is 50.3 Å². The maximum Gasteiger partial charge on any atom is 0.389 e. The van der Waals surface area contributed by atoms with E-state index in [1.54, 1.807) is 0 Å². The zero-order valence-corrected chi connectivity index (χ0v) is 16.0. The minimum Gasteiger partial charge on any atom is -0.303 e. The van der Waals surface area contributed by atoms with Gasteiger partial charge in [-0.25, -0.2) is 0 Å². The Morgan fingerprint density at radius 2 is 1.85 bits per heavy atom. The number of halogens is 3. The Morgan fingerprint density at radius 3 is 2.54 bits per heavy atom. The van der Waals surface area contributed by atoms with Crippen LogP contribution in [0.5, 0.6) is 0 Å². The summed E-state index contributed by atoms with van der Waals surface area (Å²) in [5, 5.41) is 0. The van der Waals surface area contributed by atoms with Crippen LogP contribution in [0.15, 0.2) is 28.4 Å². The van der Waals surface area contributed by atoms with Crippen molar-refractivity contribution in [2.75, 3.05) is 19.6 Å². The van der Waals surface area contributed by atoms with Crippen LogP contribution in [0.4, 0.5) is 13.2 Å². The molecule has 0 saturated heterocycles. The van der Waals surface area contributed by atoms with Gasteiger partial charge in [-0.3, -0.25) is 4.99 Å². The Labute approximate surface area is 156 Å². The van der Waals surface area contributed by atoms with Gasteiger partial charge in [0.25, 0.3) is 0 Å². The molecule has 0 bridgehead atoms. The number of alkyl halides is 3. The lowest BCUT2D eigenvalue weighted by Crippen LogP contribution is -2.28. The van der Waals surface area contributed by atoms with E-state index in [2.05, 4.69) is 16.0 Å². The molecule has 2 nitrogen and oxygen atoms in total. The Hall–Kier alpha value is -1.10. The van der Waals surface area contributed by atoms with Crippen LogP contribution < -0.4 is 0 Å². The highest BCUT2D eigenvalue weighted by atomic mass is 19.4. The molecular formula is C21H33F3N2. The largest absolute Gasteiger partial charge is 0.389 e. The molecule has 1 saturated carbocycles. The summed E-state index contributed by atoms with van der Waals surface area (Å²) < 4.78 is 36.8. The van der Waals surface area contributed by atoms with Crippen molar-refractivity contribution in [3.8, 4) is 0 Å². The minimum atomic E-state index is -4.11.